The maximum atomic E-state index is 11.3. The number of hydrogen-bond acceptors (Lipinski definition) is 3. The highest BCUT2D eigenvalue weighted by Gasteiger charge is 2.05. The van der Waals surface area contributed by atoms with E-state index in [1.807, 2.05) is 13.0 Å². The van der Waals surface area contributed by atoms with Gasteiger partial charge in [0, 0.05) is 16.2 Å². The molecule has 17 heavy (non-hydrogen) atoms. The number of benzene rings is 1. The molecule has 0 bridgehead atoms. The van der Waals surface area contributed by atoms with Crippen LogP contribution in [0.3, 0.4) is 0 Å². The summed E-state index contributed by atoms with van der Waals surface area (Å²) in [4.78, 5) is 12.5. The molecular weight excluding hydrogens is 232 g/mol. The molecule has 0 heterocycles. The molecule has 1 aromatic carbocycles. The van der Waals surface area contributed by atoms with Gasteiger partial charge in [0.25, 0.3) is 0 Å². The van der Waals surface area contributed by atoms with Crippen molar-refractivity contribution in [2.45, 2.75) is 25.2 Å². The van der Waals surface area contributed by atoms with E-state index in [2.05, 4.69) is 31.2 Å². The Hall–Kier alpha value is -1.22. The zero-order chi connectivity index (χ0) is 12.7. The van der Waals surface area contributed by atoms with Gasteiger partial charge in [0.1, 0.15) is 0 Å². The highest BCUT2D eigenvalue weighted by atomic mass is 32.2. The van der Waals surface area contributed by atoms with Gasteiger partial charge in [-0.2, -0.15) is 0 Å². The molecule has 0 N–H and O–H groups in total. The quantitative estimate of drug-likeness (QED) is 0.454. The number of thioether (sulfide) groups is 1. The highest BCUT2D eigenvalue weighted by Crippen LogP contribution is 2.19. The molecule has 0 radical (unpaired) electrons. The molecule has 0 amide bonds. The Morgan fingerprint density at radius 3 is 2.53 bits per heavy atom. The number of esters is 1. The molecule has 2 nitrogen and oxygen atoms in total. The molecule has 1 aromatic rings. The van der Waals surface area contributed by atoms with Crippen LogP contribution in [0.4, 0.5) is 0 Å². The van der Waals surface area contributed by atoms with Gasteiger partial charge in [-0.25, -0.2) is 4.79 Å². The van der Waals surface area contributed by atoms with Gasteiger partial charge in [0.2, 0.25) is 0 Å². The summed E-state index contributed by atoms with van der Waals surface area (Å²) >= 11 is 1.72. The van der Waals surface area contributed by atoms with Crippen LogP contribution in [0.2, 0.25) is 0 Å². The molecule has 0 unspecified atom stereocenters. The number of carbonyl (C=O) groups excluding carboxylic acids is 1. The van der Waals surface area contributed by atoms with Gasteiger partial charge in [-0.15, -0.1) is 11.8 Å². The number of aryl methyl sites for hydroxylation is 1. The highest BCUT2D eigenvalue weighted by molar-refractivity contribution is 7.99. The molecule has 0 aliphatic carbocycles. The standard InChI is InChI=1S/C14H18O2S/c1-4-12(14(15)16-3)9-10-17-13-7-5-11(2)6-8-13/h5-9H,4,10H2,1-3H3. The SMILES string of the molecule is CCC(=CCSc1ccc(C)cc1)C(=O)OC. The molecule has 0 aliphatic heterocycles. The van der Waals surface area contributed by atoms with Gasteiger partial charge in [-0.1, -0.05) is 30.7 Å². The Morgan fingerprint density at radius 2 is 2.00 bits per heavy atom. The average Bonchev–Trinajstić information content (AvgIpc) is 2.36. The van der Waals surface area contributed by atoms with Gasteiger partial charge >= 0.3 is 5.97 Å². The van der Waals surface area contributed by atoms with Crippen LogP contribution in [0.25, 0.3) is 0 Å². The van der Waals surface area contributed by atoms with Gasteiger partial charge in [0.15, 0.2) is 0 Å². The summed E-state index contributed by atoms with van der Waals surface area (Å²) in [6, 6.07) is 8.37. The fraction of sp³-hybridized carbons (Fsp3) is 0.357. The van der Waals surface area contributed by atoms with Gasteiger partial charge in [0.05, 0.1) is 7.11 Å². The molecule has 0 aliphatic rings. The predicted octanol–water partition coefficient (Wildman–Crippen LogP) is 3.60. The van der Waals surface area contributed by atoms with Crippen molar-refractivity contribution in [2.24, 2.45) is 0 Å². The van der Waals surface area contributed by atoms with Crippen molar-refractivity contribution >= 4 is 17.7 Å². The fourth-order valence-electron chi connectivity index (χ4n) is 1.38. The van der Waals surface area contributed by atoms with Gasteiger partial charge < -0.3 is 4.74 Å². The Labute approximate surface area is 107 Å². The first-order chi connectivity index (χ1) is 8.17. The number of ether oxygens (including phenoxy) is 1. The van der Waals surface area contributed by atoms with Crippen molar-refractivity contribution in [1.29, 1.82) is 0 Å². The molecular formula is C14H18O2S. The lowest BCUT2D eigenvalue weighted by Crippen LogP contribution is -2.04. The smallest absolute Gasteiger partial charge is 0.333 e. The van der Waals surface area contributed by atoms with Crippen LogP contribution in [-0.2, 0) is 9.53 Å². The summed E-state index contributed by atoms with van der Waals surface area (Å²) < 4.78 is 4.71. The zero-order valence-electron chi connectivity index (χ0n) is 10.5. The van der Waals surface area contributed by atoms with Crippen molar-refractivity contribution < 1.29 is 9.53 Å². The van der Waals surface area contributed by atoms with Crippen LogP contribution >= 0.6 is 11.8 Å². The van der Waals surface area contributed by atoms with Crippen LogP contribution in [0.5, 0.6) is 0 Å². The number of methoxy groups -OCH3 is 1. The molecule has 1 rings (SSSR count). The molecule has 0 saturated heterocycles. The summed E-state index contributed by atoms with van der Waals surface area (Å²) in [5.41, 5.74) is 2.00. The summed E-state index contributed by atoms with van der Waals surface area (Å²) in [6.45, 7) is 4.03. The van der Waals surface area contributed by atoms with E-state index < -0.39 is 0 Å². The van der Waals surface area contributed by atoms with Crippen LogP contribution in [0, 0.1) is 6.92 Å². The summed E-state index contributed by atoms with van der Waals surface area (Å²) in [7, 11) is 1.42. The summed E-state index contributed by atoms with van der Waals surface area (Å²) in [5, 5.41) is 0. The first-order valence-corrected chi connectivity index (χ1v) is 6.62. The van der Waals surface area contributed by atoms with Crippen molar-refractivity contribution in [3.8, 4) is 0 Å². The number of hydrogen-bond donors (Lipinski definition) is 0. The van der Waals surface area contributed by atoms with Crippen molar-refractivity contribution in [1.82, 2.24) is 0 Å². The van der Waals surface area contributed by atoms with Crippen LogP contribution in [0.15, 0.2) is 40.8 Å². The Bertz CT molecular complexity index is 393. The monoisotopic (exact) mass is 250 g/mol. The number of rotatable bonds is 5. The third-order valence-corrected chi connectivity index (χ3v) is 3.37. The number of carbonyl (C=O) groups is 1. The van der Waals surface area contributed by atoms with E-state index in [4.69, 9.17) is 4.74 Å². The lowest BCUT2D eigenvalue weighted by atomic mass is 10.2. The minimum Gasteiger partial charge on any atom is -0.466 e. The predicted molar refractivity (Wildman–Crippen MR) is 72.3 cm³/mol. The van der Waals surface area contributed by atoms with Crippen LogP contribution in [-0.4, -0.2) is 18.8 Å². The third-order valence-electron chi connectivity index (χ3n) is 2.43. The second-order valence-electron chi connectivity index (χ2n) is 3.70. The second-order valence-corrected chi connectivity index (χ2v) is 4.79. The summed E-state index contributed by atoms with van der Waals surface area (Å²) in [5.74, 6) is 0.568. The van der Waals surface area contributed by atoms with Gasteiger partial charge in [-0.05, 0) is 25.5 Å². The van der Waals surface area contributed by atoms with Crippen molar-refractivity contribution in [3.63, 3.8) is 0 Å². The Kier molecular flexibility index (Phi) is 5.84. The first-order valence-electron chi connectivity index (χ1n) is 5.64. The first kappa shape index (κ1) is 13.8. The van der Waals surface area contributed by atoms with Crippen LogP contribution < -0.4 is 0 Å². The Balaban J connectivity index is 2.53. The van der Waals surface area contributed by atoms with E-state index in [0.29, 0.717) is 6.42 Å². The minimum atomic E-state index is -0.225. The molecule has 0 spiro atoms. The van der Waals surface area contributed by atoms with E-state index in [-0.39, 0.29) is 5.97 Å². The normalized spacial score (nSPS) is 11.4. The largest absolute Gasteiger partial charge is 0.466 e. The molecule has 0 aromatic heterocycles. The lowest BCUT2D eigenvalue weighted by molar-refractivity contribution is -0.136. The molecule has 92 valence electrons. The molecule has 0 atom stereocenters. The topological polar surface area (TPSA) is 26.3 Å². The fourth-order valence-corrected chi connectivity index (χ4v) is 2.18. The maximum absolute atomic E-state index is 11.3. The van der Waals surface area contributed by atoms with E-state index in [1.54, 1.807) is 11.8 Å². The van der Waals surface area contributed by atoms with Crippen LogP contribution in [0.1, 0.15) is 18.9 Å². The molecule has 0 saturated carbocycles. The van der Waals surface area contributed by atoms with E-state index >= 15 is 0 Å². The van der Waals surface area contributed by atoms with E-state index in [1.165, 1.54) is 17.6 Å². The Morgan fingerprint density at radius 1 is 1.35 bits per heavy atom. The minimum absolute atomic E-state index is 0.225. The lowest BCUT2D eigenvalue weighted by Gasteiger charge is -2.02. The maximum Gasteiger partial charge on any atom is 0.333 e. The third kappa shape index (κ3) is 4.65. The average molecular weight is 250 g/mol. The second kappa shape index (κ2) is 7.17. The van der Waals surface area contributed by atoms with Crippen molar-refractivity contribution in [2.75, 3.05) is 12.9 Å². The molecule has 0 fully saturated rings. The van der Waals surface area contributed by atoms with Gasteiger partial charge in [-0.3, -0.25) is 0 Å². The van der Waals surface area contributed by atoms with E-state index in [9.17, 15) is 4.79 Å². The van der Waals surface area contributed by atoms with E-state index in [0.717, 1.165) is 11.3 Å². The zero-order valence-corrected chi connectivity index (χ0v) is 11.3. The van der Waals surface area contributed by atoms with Crippen molar-refractivity contribution in [3.05, 3.63) is 41.5 Å². The summed E-state index contributed by atoms with van der Waals surface area (Å²) in [6.07, 6.45) is 2.65. The molecule has 3 heteroatoms.